The number of nitriles is 1. The monoisotopic (exact) mass is 267 g/mol. The minimum Gasteiger partial charge on any atom is -0.377 e. The van der Waals surface area contributed by atoms with E-state index in [2.05, 4.69) is 0 Å². The highest BCUT2D eigenvalue weighted by molar-refractivity contribution is 5.84. The van der Waals surface area contributed by atoms with Crippen LogP contribution in [-0.4, -0.2) is 31.7 Å². The van der Waals surface area contributed by atoms with Crippen LogP contribution in [0.2, 0.25) is 0 Å². The van der Waals surface area contributed by atoms with Crippen molar-refractivity contribution < 1.29 is 18.3 Å². The molecule has 0 radical (unpaired) electrons. The van der Waals surface area contributed by atoms with E-state index in [0.29, 0.717) is 0 Å². The van der Waals surface area contributed by atoms with Gasteiger partial charge in [0.25, 0.3) is 0 Å². The molecule has 1 heterocycles. The molecule has 0 saturated carbocycles. The van der Waals surface area contributed by atoms with Crippen LogP contribution in [-0.2, 0) is 9.53 Å². The van der Waals surface area contributed by atoms with Crippen LogP contribution < -0.4 is 10.6 Å². The lowest BCUT2D eigenvalue weighted by atomic mass is 10.1. The number of hydrogen-bond acceptors (Lipinski definition) is 4. The van der Waals surface area contributed by atoms with Gasteiger partial charge >= 0.3 is 0 Å². The summed E-state index contributed by atoms with van der Waals surface area (Å²) in [7, 11) is 0. The Bertz CT molecular complexity index is 557. The Morgan fingerprint density at radius 3 is 2.84 bits per heavy atom. The largest absolute Gasteiger partial charge is 0.377 e. The number of nitrogens with zero attached hydrogens (tertiary/aromatic N) is 2. The zero-order valence-corrected chi connectivity index (χ0v) is 9.90. The van der Waals surface area contributed by atoms with E-state index in [1.54, 1.807) is 6.07 Å². The molecule has 1 aromatic carbocycles. The molecule has 1 aromatic rings. The van der Waals surface area contributed by atoms with Crippen LogP contribution in [0.15, 0.2) is 12.1 Å². The number of rotatable bonds is 2. The number of hydrogen-bond donors (Lipinski definition) is 1. The van der Waals surface area contributed by atoms with Gasteiger partial charge in [-0.2, -0.15) is 5.26 Å². The lowest BCUT2D eigenvalue weighted by Gasteiger charge is -2.35. The number of anilines is 1. The minimum absolute atomic E-state index is 0.0242. The third kappa shape index (κ3) is 2.35. The Morgan fingerprint density at radius 2 is 2.21 bits per heavy atom. The lowest BCUT2D eigenvalue weighted by molar-refractivity contribution is -0.121. The molecule has 7 heteroatoms. The summed E-state index contributed by atoms with van der Waals surface area (Å²) in [6.07, 6.45) is 0. The van der Waals surface area contributed by atoms with E-state index >= 15 is 0 Å². The van der Waals surface area contributed by atoms with Gasteiger partial charge in [0.2, 0.25) is 5.91 Å². The smallest absolute Gasteiger partial charge is 0.242 e. The van der Waals surface area contributed by atoms with Gasteiger partial charge in [-0.25, -0.2) is 8.78 Å². The molecule has 1 atom stereocenters. The standard InChI is InChI=1S/C12H11F2N3O2/c13-10-7(5-15)1-2-8(11(10)14)17-3-4-19-6-9(17)12(16)18/h1-2,9H,3-4,6H2,(H2,16,18). The Hall–Kier alpha value is -2.20. The molecule has 2 rings (SSSR count). The third-order valence-electron chi connectivity index (χ3n) is 2.95. The highest BCUT2D eigenvalue weighted by Crippen LogP contribution is 2.26. The Morgan fingerprint density at radius 1 is 1.47 bits per heavy atom. The fourth-order valence-corrected chi connectivity index (χ4v) is 1.98. The van der Waals surface area contributed by atoms with Crippen molar-refractivity contribution in [2.24, 2.45) is 5.73 Å². The first kappa shape index (κ1) is 13.2. The number of nitrogens with two attached hydrogens (primary N) is 1. The van der Waals surface area contributed by atoms with Gasteiger partial charge < -0.3 is 15.4 Å². The number of benzene rings is 1. The minimum atomic E-state index is -1.23. The Kier molecular flexibility index (Phi) is 3.62. The average molecular weight is 267 g/mol. The highest BCUT2D eigenvalue weighted by atomic mass is 19.2. The van der Waals surface area contributed by atoms with Gasteiger partial charge in [-0.3, -0.25) is 4.79 Å². The van der Waals surface area contributed by atoms with Crippen LogP contribution in [0.5, 0.6) is 0 Å². The number of halogens is 2. The summed E-state index contributed by atoms with van der Waals surface area (Å²) in [5.41, 5.74) is 4.73. The second-order valence-electron chi connectivity index (χ2n) is 4.06. The van der Waals surface area contributed by atoms with Gasteiger partial charge in [-0.1, -0.05) is 0 Å². The zero-order chi connectivity index (χ0) is 14.0. The molecule has 1 aliphatic heterocycles. The number of carbonyl (C=O) groups excluding carboxylic acids is 1. The van der Waals surface area contributed by atoms with Crippen molar-refractivity contribution in [3.63, 3.8) is 0 Å². The van der Waals surface area contributed by atoms with E-state index in [1.807, 2.05) is 0 Å². The third-order valence-corrected chi connectivity index (χ3v) is 2.95. The van der Waals surface area contributed by atoms with Crippen molar-refractivity contribution in [2.45, 2.75) is 6.04 Å². The van der Waals surface area contributed by atoms with Crippen LogP contribution >= 0.6 is 0 Å². The maximum atomic E-state index is 13.9. The number of morpholine rings is 1. The number of ether oxygens (including phenoxy) is 1. The first-order chi connectivity index (χ1) is 9.06. The zero-order valence-electron chi connectivity index (χ0n) is 9.90. The van der Waals surface area contributed by atoms with Crippen molar-refractivity contribution in [2.75, 3.05) is 24.7 Å². The van der Waals surface area contributed by atoms with E-state index in [-0.39, 0.29) is 31.0 Å². The molecule has 1 amide bonds. The van der Waals surface area contributed by atoms with Crippen molar-refractivity contribution in [3.05, 3.63) is 29.3 Å². The maximum Gasteiger partial charge on any atom is 0.242 e. The molecule has 0 bridgehead atoms. The van der Waals surface area contributed by atoms with E-state index in [0.717, 1.165) is 0 Å². The van der Waals surface area contributed by atoms with Gasteiger partial charge in [0.15, 0.2) is 11.6 Å². The van der Waals surface area contributed by atoms with E-state index < -0.39 is 23.6 Å². The summed E-state index contributed by atoms with van der Waals surface area (Å²) < 4.78 is 32.6. The Balaban J connectivity index is 2.43. The van der Waals surface area contributed by atoms with Crippen LogP contribution in [0.3, 0.4) is 0 Å². The van der Waals surface area contributed by atoms with Crippen LogP contribution in [0.4, 0.5) is 14.5 Å². The summed E-state index contributed by atoms with van der Waals surface area (Å²) >= 11 is 0. The van der Waals surface area contributed by atoms with E-state index in [4.69, 9.17) is 15.7 Å². The molecule has 0 aromatic heterocycles. The fraction of sp³-hybridized carbons (Fsp3) is 0.333. The van der Waals surface area contributed by atoms with Crippen LogP contribution in [0, 0.1) is 23.0 Å². The molecule has 1 fully saturated rings. The molecule has 0 aliphatic carbocycles. The summed E-state index contributed by atoms with van der Waals surface area (Å²) in [5, 5.41) is 8.62. The molecule has 19 heavy (non-hydrogen) atoms. The first-order valence-corrected chi connectivity index (χ1v) is 5.58. The summed E-state index contributed by atoms with van der Waals surface area (Å²) in [6, 6.07) is 3.13. The lowest BCUT2D eigenvalue weighted by Crippen LogP contribution is -2.53. The number of primary amides is 1. The van der Waals surface area contributed by atoms with Crippen molar-refractivity contribution in [1.82, 2.24) is 0 Å². The predicted octanol–water partition coefficient (Wildman–Crippen LogP) is 0.527. The number of amides is 1. The van der Waals surface area contributed by atoms with Crippen molar-refractivity contribution in [1.29, 1.82) is 5.26 Å². The first-order valence-electron chi connectivity index (χ1n) is 5.58. The molecule has 1 aliphatic rings. The van der Waals surface area contributed by atoms with Crippen LogP contribution in [0.25, 0.3) is 0 Å². The van der Waals surface area contributed by atoms with Gasteiger partial charge in [0.05, 0.1) is 24.5 Å². The predicted molar refractivity (Wildman–Crippen MR) is 62.2 cm³/mol. The highest BCUT2D eigenvalue weighted by Gasteiger charge is 2.30. The van der Waals surface area contributed by atoms with Crippen molar-refractivity contribution >= 4 is 11.6 Å². The molecule has 5 nitrogen and oxygen atoms in total. The normalized spacial score (nSPS) is 19.0. The van der Waals surface area contributed by atoms with E-state index in [1.165, 1.54) is 17.0 Å². The molecular formula is C12H11F2N3O2. The van der Waals surface area contributed by atoms with Gasteiger partial charge in [-0.05, 0) is 12.1 Å². The fourth-order valence-electron chi connectivity index (χ4n) is 1.98. The maximum absolute atomic E-state index is 13.9. The molecule has 1 saturated heterocycles. The molecule has 100 valence electrons. The average Bonchev–Trinajstić information content (AvgIpc) is 2.42. The van der Waals surface area contributed by atoms with Crippen molar-refractivity contribution in [3.8, 4) is 6.07 Å². The van der Waals surface area contributed by atoms with E-state index in [9.17, 15) is 13.6 Å². The second kappa shape index (κ2) is 5.20. The summed E-state index contributed by atoms with van der Waals surface area (Å²) in [6.45, 7) is 0.525. The molecule has 1 unspecified atom stereocenters. The molecular weight excluding hydrogens is 256 g/mol. The van der Waals surface area contributed by atoms with Gasteiger partial charge in [-0.15, -0.1) is 0 Å². The SMILES string of the molecule is N#Cc1ccc(N2CCOCC2C(N)=O)c(F)c1F. The second-order valence-corrected chi connectivity index (χ2v) is 4.06. The topological polar surface area (TPSA) is 79.3 Å². The van der Waals surface area contributed by atoms with Gasteiger partial charge in [0.1, 0.15) is 12.1 Å². The quantitative estimate of drug-likeness (QED) is 0.847. The van der Waals surface area contributed by atoms with Gasteiger partial charge in [0, 0.05) is 6.54 Å². The molecule has 2 N–H and O–H groups in total. The summed E-state index contributed by atoms with van der Waals surface area (Å²) in [4.78, 5) is 12.6. The summed E-state index contributed by atoms with van der Waals surface area (Å²) in [5.74, 6) is -3.06. The molecule has 0 spiro atoms. The Labute approximate surface area is 108 Å². The number of carbonyl (C=O) groups is 1. The van der Waals surface area contributed by atoms with Crippen LogP contribution in [0.1, 0.15) is 5.56 Å².